The van der Waals surface area contributed by atoms with Gasteiger partial charge in [0.1, 0.15) is 6.04 Å². The third-order valence-electron chi connectivity index (χ3n) is 2.87. The van der Waals surface area contributed by atoms with Crippen molar-refractivity contribution in [1.82, 2.24) is 9.80 Å². The molecule has 6 nitrogen and oxygen atoms in total. The summed E-state index contributed by atoms with van der Waals surface area (Å²) in [5.74, 6) is -0.898. The smallest absolute Gasteiger partial charge is 0.252 e. The maximum absolute atomic E-state index is 11.6. The number of rotatable bonds is 1. The zero-order chi connectivity index (χ0) is 11.2. The molecule has 0 aliphatic carbocycles. The lowest BCUT2D eigenvalue weighted by Gasteiger charge is -2.21. The number of imide groups is 1. The van der Waals surface area contributed by atoms with Crippen molar-refractivity contribution in [2.45, 2.75) is 25.0 Å². The average molecular weight is 212 g/mol. The van der Waals surface area contributed by atoms with E-state index in [1.807, 2.05) is 0 Å². The van der Waals surface area contributed by atoms with E-state index < -0.39 is 12.1 Å². The van der Waals surface area contributed by atoms with Crippen molar-refractivity contribution in [1.29, 1.82) is 0 Å². The van der Waals surface area contributed by atoms with Crippen molar-refractivity contribution in [3.63, 3.8) is 0 Å². The summed E-state index contributed by atoms with van der Waals surface area (Å²) in [6.45, 7) is 0.149. The van der Waals surface area contributed by atoms with Crippen LogP contribution in [0.2, 0.25) is 0 Å². The third-order valence-corrected chi connectivity index (χ3v) is 2.87. The molecule has 0 radical (unpaired) electrons. The number of carbonyl (C=O) groups excluding carboxylic acids is 3. The second kappa shape index (κ2) is 3.30. The van der Waals surface area contributed by atoms with Crippen molar-refractivity contribution >= 4 is 17.7 Å². The van der Waals surface area contributed by atoms with Crippen molar-refractivity contribution in [3.05, 3.63) is 0 Å². The SMILES string of the molecule is CN1C(=O)CC(N2CC(O)CC2=O)C1=O. The summed E-state index contributed by atoms with van der Waals surface area (Å²) < 4.78 is 0. The van der Waals surface area contributed by atoms with Crippen LogP contribution in [0.3, 0.4) is 0 Å². The highest BCUT2D eigenvalue weighted by Crippen LogP contribution is 2.22. The van der Waals surface area contributed by atoms with Crippen LogP contribution in [-0.4, -0.2) is 58.4 Å². The van der Waals surface area contributed by atoms with Crippen LogP contribution in [-0.2, 0) is 14.4 Å². The van der Waals surface area contributed by atoms with E-state index in [2.05, 4.69) is 0 Å². The minimum absolute atomic E-state index is 0.0355. The van der Waals surface area contributed by atoms with Gasteiger partial charge in [-0.2, -0.15) is 0 Å². The Morgan fingerprint density at radius 3 is 2.27 bits per heavy atom. The molecule has 82 valence electrons. The van der Waals surface area contributed by atoms with Gasteiger partial charge in [0.2, 0.25) is 11.8 Å². The molecule has 2 atom stereocenters. The van der Waals surface area contributed by atoms with Crippen LogP contribution in [0, 0.1) is 0 Å². The first kappa shape index (κ1) is 10.1. The van der Waals surface area contributed by atoms with Crippen LogP contribution in [0.5, 0.6) is 0 Å². The van der Waals surface area contributed by atoms with Gasteiger partial charge in [0, 0.05) is 13.6 Å². The number of likely N-dealkylation sites (tertiary alicyclic amines) is 2. The molecular weight excluding hydrogens is 200 g/mol. The molecule has 0 aromatic heterocycles. The second-order valence-electron chi connectivity index (χ2n) is 3.91. The van der Waals surface area contributed by atoms with Crippen molar-refractivity contribution in [2.24, 2.45) is 0 Å². The Hall–Kier alpha value is -1.43. The van der Waals surface area contributed by atoms with Crippen LogP contribution < -0.4 is 0 Å². The van der Waals surface area contributed by atoms with E-state index >= 15 is 0 Å². The van der Waals surface area contributed by atoms with Gasteiger partial charge in [-0.25, -0.2) is 0 Å². The molecule has 0 bridgehead atoms. The first-order chi connectivity index (χ1) is 7.00. The van der Waals surface area contributed by atoms with Crippen LogP contribution >= 0.6 is 0 Å². The van der Waals surface area contributed by atoms with E-state index in [1.165, 1.54) is 11.9 Å². The highest BCUT2D eigenvalue weighted by Gasteiger charge is 2.44. The first-order valence-corrected chi connectivity index (χ1v) is 4.78. The zero-order valence-corrected chi connectivity index (χ0v) is 8.34. The van der Waals surface area contributed by atoms with Crippen molar-refractivity contribution in [2.75, 3.05) is 13.6 Å². The summed E-state index contributed by atoms with van der Waals surface area (Å²) in [5.41, 5.74) is 0. The fourth-order valence-electron chi connectivity index (χ4n) is 1.99. The van der Waals surface area contributed by atoms with Crippen molar-refractivity contribution < 1.29 is 19.5 Å². The lowest BCUT2D eigenvalue weighted by molar-refractivity contribution is -0.141. The zero-order valence-electron chi connectivity index (χ0n) is 8.34. The number of aliphatic hydroxyl groups is 1. The van der Waals surface area contributed by atoms with Crippen LogP contribution in [0.1, 0.15) is 12.8 Å². The molecule has 2 aliphatic rings. The van der Waals surface area contributed by atoms with Gasteiger partial charge in [0.15, 0.2) is 0 Å². The number of hydrogen-bond acceptors (Lipinski definition) is 4. The Morgan fingerprint density at radius 2 is 1.87 bits per heavy atom. The Balaban J connectivity index is 2.16. The van der Waals surface area contributed by atoms with Crippen LogP contribution in [0.4, 0.5) is 0 Å². The summed E-state index contributed by atoms with van der Waals surface area (Å²) in [5, 5.41) is 9.28. The predicted molar refractivity (Wildman–Crippen MR) is 48.5 cm³/mol. The van der Waals surface area contributed by atoms with Gasteiger partial charge in [-0.05, 0) is 0 Å². The summed E-state index contributed by atoms with van der Waals surface area (Å²) in [4.78, 5) is 36.6. The second-order valence-corrected chi connectivity index (χ2v) is 3.91. The summed E-state index contributed by atoms with van der Waals surface area (Å²) in [6, 6.07) is -0.702. The van der Waals surface area contributed by atoms with Gasteiger partial charge in [0.25, 0.3) is 5.91 Å². The normalized spacial score (nSPS) is 32.0. The van der Waals surface area contributed by atoms with Crippen LogP contribution in [0.25, 0.3) is 0 Å². The van der Waals surface area contributed by atoms with Crippen LogP contribution in [0.15, 0.2) is 0 Å². The molecule has 0 spiro atoms. The molecule has 3 amide bonds. The topological polar surface area (TPSA) is 77.9 Å². The summed E-state index contributed by atoms with van der Waals surface area (Å²) in [7, 11) is 1.40. The van der Waals surface area contributed by atoms with E-state index in [0.29, 0.717) is 0 Å². The molecule has 2 aliphatic heterocycles. The van der Waals surface area contributed by atoms with E-state index in [-0.39, 0.29) is 37.1 Å². The van der Waals surface area contributed by atoms with Gasteiger partial charge < -0.3 is 10.0 Å². The predicted octanol–water partition coefficient (Wildman–Crippen LogP) is -1.66. The largest absolute Gasteiger partial charge is 0.391 e. The van der Waals surface area contributed by atoms with Crippen molar-refractivity contribution in [3.8, 4) is 0 Å². The molecule has 2 fully saturated rings. The molecule has 1 N–H and O–H groups in total. The molecule has 0 aromatic carbocycles. The Kier molecular flexibility index (Phi) is 2.22. The highest BCUT2D eigenvalue weighted by molar-refractivity contribution is 6.06. The van der Waals surface area contributed by atoms with E-state index in [4.69, 9.17) is 0 Å². The molecule has 2 saturated heterocycles. The lowest BCUT2D eigenvalue weighted by Crippen LogP contribution is -2.42. The summed E-state index contributed by atoms with van der Waals surface area (Å²) >= 11 is 0. The van der Waals surface area contributed by atoms with Gasteiger partial charge >= 0.3 is 0 Å². The van der Waals surface area contributed by atoms with Gasteiger partial charge in [-0.1, -0.05) is 0 Å². The fourth-order valence-corrected chi connectivity index (χ4v) is 1.99. The molecule has 6 heteroatoms. The average Bonchev–Trinajstić information content (AvgIpc) is 2.61. The van der Waals surface area contributed by atoms with Gasteiger partial charge in [-0.3, -0.25) is 19.3 Å². The van der Waals surface area contributed by atoms with Gasteiger partial charge in [0.05, 0.1) is 18.9 Å². The van der Waals surface area contributed by atoms with E-state index in [9.17, 15) is 19.5 Å². The molecule has 2 heterocycles. The first-order valence-electron chi connectivity index (χ1n) is 4.78. The Bertz CT molecular complexity index is 341. The lowest BCUT2D eigenvalue weighted by atomic mass is 10.2. The molecule has 15 heavy (non-hydrogen) atoms. The highest BCUT2D eigenvalue weighted by atomic mass is 16.3. The quantitative estimate of drug-likeness (QED) is 0.527. The number of carbonyl (C=O) groups is 3. The number of β-amino-alcohol motifs (C(OH)–C–C–N with tert-alkyl or cyclic N) is 1. The maximum Gasteiger partial charge on any atom is 0.252 e. The fraction of sp³-hybridized carbons (Fsp3) is 0.667. The number of hydrogen-bond donors (Lipinski definition) is 1. The standard InChI is InChI=1S/C9H12N2O4/c1-10-7(13)3-6(9(10)15)11-4-5(12)2-8(11)14/h5-6,12H,2-4H2,1H3. The minimum Gasteiger partial charge on any atom is -0.391 e. The molecule has 2 rings (SSSR count). The Morgan fingerprint density at radius 1 is 1.20 bits per heavy atom. The van der Waals surface area contributed by atoms with E-state index in [0.717, 1.165) is 4.90 Å². The number of likely N-dealkylation sites (N-methyl/N-ethyl adjacent to an activating group) is 1. The number of aliphatic hydroxyl groups excluding tert-OH is 1. The molecule has 2 unspecified atom stereocenters. The summed E-state index contributed by atoms with van der Waals surface area (Å²) in [6.07, 6.45) is -0.638. The molecular formula is C9H12N2O4. The number of nitrogens with zero attached hydrogens (tertiary/aromatic N) is 2. The maximum atomic E-state index is 11.6. The Labute approximate surface area is 86.4 Å². The third kappa shape index (κ3) is 1.50. The monoisotopic (exact) mass is 212 g/mol. The van der Waals surface area contributed by atoms with E-state index in [1.54, 1.807) is 0 Å². The molecule has 0 saturated carbocycles. The number of amides is 3. The molecule has 0 aromatic rings. The minimum atomic E-state index is -0.716. The van der Waals surface area contributed by atoms with Gasteiger partial charge in [-0.15, -0.1) is 0 Å².